The minimum absolute atomic E-state index is 0.0272. The molecule has 10 heteroatoms. The van der Waals surface area contributed by atoms with Gasteiger partial charge in [0.05, 0.1) is 11.9 Å². The lowest BCUT2D eigenvalue weighted by Gasteiger charge is -2.34. The fourth-order valence-corrected chi connectivity index (χ4v) is 6.88. The zero-order valence-electron chi connectivity index (χ0n) is 24.1. The van der Waals surface area contributed by atoms with Crippen LogP contribution in [-0.4, -0.2) is 50.0 Å². The maximum Gasteiger partial charge on any atom is 0.244 e. The van der Waals surface area contributed by atoms with Crippen molar-refractivity contribution in [3.05, 3.63) is 99.0 Å². The van der Waals surface area contributed by atoms with E-state index in [1.165, 1.54) is 4.90 Å². The van der Waals surface area contributed by atoms with Crippen molar-refractivity contribution in [3.63, 3.8) is 0 Å². The van der Waals surface area contributed by atoms with Gasteiger partial charge in [0.15, 0.2) is 0 Å². The fourth-order valence-electron chi connectivity index (χ4n) is 5.46. The molecule has 0 unspecified atom stereocenters. The Hall–Kier alpha value is -3.07. The second-order valence-electron chi connectivity index (χ2n) is 11.0. The van der Waals surface area contributed by atoms with Crippen LogP contribution in [0.2, 0.25) is 10.0 Å². The Kier molecular flexibility index (Phi) is 10.6. The number of anilines is 1. The average molecular weight is 631 g/mol. The molecule has 1 N–H and O–H groups in total. The third-order valence-corrected chi connectivity index (χ3v) is 9.50. The van der Waals surface area contributed by atoms with Crippen molar-refractivity contribution < 1.29 is 18.0 Å². The third-order valence-electron chi connectivity index (χ3n) is 7.66. The van der Waals surface area contributed by atoms with Crippen LogP contribution in [0, 0.1) is 13.8 Å². The Morgan fingerprint density at radius 1 is 0.952 bits per heavy atom. The van der Waals surface area contributed by atoms with E-state index in [1.54, 1.807) is 37.3 Å². The molecule has 4 rings (SSSR count). The van der Waals surface area contributed by atoms with Crippen LogP contribution in [0.1, 0.15) is 47.9 Å². The Morgan fingerprint density at radius 2 is 1.60 bits per heavy atom. The molecule has 0 saturated heterocycles. The molecule has 3 aromatic carbocycles. The van der Waals surface area contributed by atoms with Gasteiger partial charge in [-0.15, -0.1) is 0 Å². The van der Waals surface area contributed by atoms with Gasteiger partial charge in [0.2, 0.25) is 21.8 Å². The van der Waals surface area contributed by atoms with Crippen molar-refractivity contribution in [2.75, 3.05) is 17.1 Å². The lowest BCUT2D eigenvalue weighted by Crippen LogP contribution is -2.54. The summed E-state index contributed by atoms with van der Waals surface area (Å²) in [6, 6.07) is 19.0. The summed E-state index contributed by atoms with van der Waals surface area (Å²) < 4.78 is 27.2. The summed E-state index contributed by atoms with van der Waals surface area (Å²) >= 11 is 13.1. The van der Waals surface area contributed by atoms with Gasteiger partial charge in [-0.3, -0.25) is 13.9 Å². The summed E-state index contributed by atoms with van der Waals surface area (Å²) in [7, 11) is -3.86. The monoisotopic (exact) mass is 629 g/mol. The van der Waals surface area contributed by atoms with E-state index >= 15 is 0 Å². The molecular formula is C32H37Cl2N3O4S. The van der Waals surface area contributed by atoms with Crippen molar-refractivity contribution in [1.82, 2.24) is 10.2 Å². The minimum Gasteiger partial charge on any atom is -0.352 e. The molecule has 7 nitrogen and oxygen atoms in total. The van der Waals surface area contributed by atoms with Gasteiger partial charge >= 0.3 is 0 Å². The Morgan fingerprint density at radius 3 is 2.19 bits per heavy atom. The van der Waals surface area contributed by atoms with Crippen LogP contribution >= 0.6 is 23.2 Å². The number of sulfonamides is 1. The first kappa shape index (κ1) is 31.9. The number of aryl methyl sites for hydroxylation is 2. The molecule has 42 heavy (non-hydrogen) atoms. The second kappa shape index (κ2) is 13.9. The molecule has 224 valence electrons. The number of rotatable bonds is 11. The molecule has 0 bridgehead atoms. The van der Waals surface area contributed by atoms with Gasteiger partial charge in [0.1, 0.15) is 12.6 Å². The molecule has 1 saturated carbocycles. The minimum atomic E-state index is -3.86. The van der Waals surface area contributed by atoms with Gasteiger partial charge in [-0.25, -0.2) is 8.42 Å². The van der Waals surface area contributed by atoms with E-state index in [-0.39, 0.29) is 24.9 Å². The van der Waals surface area contributed by atoms with E-state index in [9.17, 15) is 18.0 Å². The van der Waals surface area contributed by atoms with E-state index in [2.05, 4.69) is 5.32 Å². The molecule has 0 aliphatic heterocycles. The van der Waals surface area contributed by atoms with Gasteiger partial charge in [0, 0.05) is 34.6 Å². The van der Waals surface area contributed by atoms with Gasteiger partial charge < -0.3 is 10.2 Å². The van der Waals surface area contributed by atoms with Crippen molar-refractivity contribution in [2.45, 2.75) is 64.6 Å². The highest BCUT2D eigenvalue weighted by atomic mass is 35.5. The highest BCUT2D eigenvalue weighted by Crippen LogP contribution is 2.29. The maximum atomic E-state index is 14.3. The maximum absolute atomic E-state index is 14.3. The van der Waals surface area contributed by atoms with Crippen LogP contribution in [0.3, 0.4) is 0 Å². The molecule has 0 heterocycles. The van der Waals surface area contributed by atoms with Gasteiger partial charge in [-0.05, 0) is 56.0 Å². The largest absolute Gasteiger partial charge is 0.352 e. The number of carbonyl (C=O) groups excluding carboxylic acids is 2. The number of hydrogen-bond acceptors (Lipinski definition) is 4. The topological polar surface area (TPSA) is 86.8 Å². The predicted octanol–water partition coefficient (Wildman–Crippen LogP) is 6.08. The third kappa shape index (κ3) is 8.06. The first-order valence-corrected chi connectivity index (χ1v) is 16.7. The summed E-state index contributed by atoms with van der Waals surface area (Å²) in [6.45, 7) is 3.16. The van der Waals surface area contributed by atoms with E-state index < -0.39 is 28.5 Å². The van der Waals surface area contributed by atoms with Crippen LogP contribution in [-0.2, 0) is 32.6 Å². The molecule has 0 radical (unpaired) electrons. The Labute approximate surface area is 258 Å². The number of amides is 2. The second-order valence-corrected chi connectivity index (χ2v) is 13.7. The molecular weight excluding hydrogens is 593 g/mol. The number of carbonyl (C=O) groups is 2. The van der Waals surface area contributed by atoms with Crippen LogP contribution in [0.15, 0.2) is 66.7 Å². The molecule has 0 aromatic heterocycles. The molecule has 3 aromatic rings. The van der Waals surface area contributed by atoms with E-state index in [0.29, 0.717) is 26.9 Å². The predicted molar refractivity (Wildman–Crippen MR) is 169 cm³/mol. The summed E-state index contributed by atoms with van der Waals surface area (Å²) in [4.78, 5) is 29.7. The number of nitrogens with zero attached hydrogens (tertiary/aromatic N) is 2. The van der Waals surface area contributed by atoms with Crippen LogP contribution < -0.4 is 9.62 Å². The lowest BCUT2D eigenvalue weighted by atomic mass is 10.0. The lowest BCUT2D eigenvalue weighted by molar-refractivity contribution is -0.140. The Balaban J connectivity index is 1.77. The van der Waals surface area contributed by atoms with E-state index in [1.807, 2.05) is 43.3 Å². The normalized spacial score (nSPS) is 14.4. The smallest absolute Gasteiger partial charge is 0.244 e. The first-order valence-electron chi connectivity index (χ1n) is 14.1. The van der Waals surface area contributed by atoms with E-state index in [4.69, 9.17) is 23.2 Å². The molecule has 2 amide bonds. The van der Waals surface area contributed by atoms with Gasteiger partial charge in [-0.2, -0.15) is 0 Å². The van der Waals surface area contributed by atoms with Crippen molar-refractivity contribution in [3.8, 4) is 0 Å². The molecule has 1 atom stereocenters. The molecule has 1 fully saturated rings. The zero-order valence-corrected chi connectivity index (χ0v) is 26.5. The summed E-state index contributed by atoms with van der Waals surface area (Å²) in [5, 5.41) is 3.85. The van der Waals surface area contributed by atoms with Crippen LogP contribution in [0.4, 0.5) is 5.69 Å². The number of hydrogen-bond donors (Lipinski definition) is 1. The van der Waals surface area contributed by atoms with Gasteiger partial charge in [0.25, 0.3) is 0 Å². The Bertz CT molecular complexity index is 1510. The number of nitrogens with one attached hydrogen (secondary N) is 1. The van der Waals surface area contributed by atoms with Crippen molar-refractivity contribution in [2.24, 2.45) is 0 Å². The standard InChI is InChI=1S/C32H37Cl2N3O4S/c1-22-16-17-29(23(2)18-22)37(42(3,40)41)21-31(38)36(20-26-27(33)14-9-15-28(26)34)30(19-24-10-5-4-6-11-24)32(39)35-25-12-7-8-13-25/h4-6,9-11,14-18,25,30H,7-8,12-13,19-21H2,1-3H3,(H,35,39)/t30-/m1/s1. The average Bonchev–Trinajstić information content (AvgIpc) is 3.44. The zero-order chi connectivity index (χ0) is 30.4. The first-order chi connectivity index (χ1) is 19.9. The number of halogens is 2. The number of benzene rings is 3. The summed E-state index contributed by atoms with van der Waals surface area (Å²) in [6.07, 6.45) is 5.13. The molecule has 0 spiro atoms. The molecule has 1 aliphatic rings. The highest BCUT2D eigenvalue weighted by molar-refractivity contribution is 7.92. The van der Waals surface area contributed by atoms with E-state index in [0.717, 1.165) is 47.4 Å². The van der Waals surface area contributed by atoms with Crippen molar-refractivity contribution >= 4 is 50.7 Å². The summed E-state index contributed by atoms with van der Waals surface area (Å²) in [5.74, 6) is -0.835. The fraction of sp³-hybridized carbons (Fsp3) is 0.375. The SMILES string of the molecule is Cc1ccc(N(CC(=O)N(Cc2c(Cl)cccc2Cl)[C@H](Cc2ccccc2)C(=O)NC2CCCC2)S(C)(=O)=O)c(C)c1. The van der Waals surface area contributed by atoms with Crippen LogP contribution in [0.5, 0.6) is 0 Å². The van der Waals surface area contributed by atoms with Crippen molar-refractivity contribution in [1.29, 1.82) is 0 Å². The summed E-state index contributed by atoms with van der Waals surface area (Å²) in [5.41, 5.74) is 3.44. The quantitative estimate of drug-likeness (QED) is 0.279. The van der Waals surface area contributed by atoms with Crippen LogP contribution in [0.25, 0.3) is 0 Å². The molecule has 1 aliphatic carbocycles. The highest BCUT2D eigenvalue weighted by Gasteiger charge is 2.35. The van der Waals surface area contributed by atoms with Gasteiger partial charge in [-0.1, -0.05) is 90.1 Å².